The third-order valence-corrected chi connectivity index (χ3v) is 6.52. The first-order chi connectivity index (χ1) is 21.0. The molecule has 0 N–H and O–H groups in total. The van der Waals surface area contributed by atoms with E-state index >= 15 is 0 Å². The van der Waals surface area contributed by atoms with Crippen molar-refractivity contribution in [1.82, 2.24) is 13.0 Å². The van der Waals surface area contributed by atoms with Gasteiger partial charge in [-0.25, -0.2) is 14.4 Å². The molecule has 4 aromatic rings. The van der Waals surface area contributed by atoms with Crippen molar-refractivity contribution >= 4 is 26.3 Å². The van der Waals surface area contributed by atoms with Crippen molar-refractivity contribution in [2.45, 2.75) is 0 Å². The molecule has 0 aliphatic carbocycles. The number of rotatable bonds is 6. The van der Waals surface area contributed by atoms with E-state index in [4.69, 9.17) is 31.7 Å². The van der Waals surface area contributed by atoms with Crippen LogP contribution in [0.1, 0.15) is 39.7 Å². The van der Waals surface area contributed by atoms with Crippen molar-refractivity contribution in [3.8, 4) is 0 Å². The number of carbonyl (C=O) groups is 3. The van der Waals surface area contributed by atoms with Crippen LogP contribution in [0.3, 0.4) is 0 Å². The molecule has 39 heavy (non-hydrogen) atoms. The summed E-state index contributed by atoms with van der Waals surface area (Å²) in [5.41, 5.74) is 0.799. The Hall–Kier alpha value is -4.09. The summed E-state index contributed by atoms with van der Waals surface area (Å²) in [5, 5.41) is 0. The van der Waals surface area contributed by atoms with E-state index in [-0.39, 0.29) is 34.4 Å². The number of hydrogen-bond acceptors (Lipinski definition) is 6. The third kappa shape index (κ3) is 9.01. The van der Waals surface area contributed by atoms with Gasteiger partial charge in [0.2, 0.25) is 8.37 Å². The van der Waals surface area contributed by atoms with Gasteiger partial charge < -0.3 is 14.2 Å². The largest absolute Gasteiger partial charge is 0 e. The number of carbonyl (C=O) groups excluding carboxylic acids is 3. The zero-order valence-corrected chi connectivity index (χ0v) is 22.8. The Kier molecular flexibility index (Phi) is 12.3. The summed E-state index contributed by atoms with van der Waals surface area (Å²) in [7, 11) is 2.19. The van der Waals surface area contributed by atoms with Crippen molar-refractivity contribution in [3.63, 3.8) is 0 Å². The molecule has 0 amide bonds. The van der Waals surface area contributed by atoms with Gasteiger partial charge in [-0.15, -0.1) is 0 Å². The Labute approximate surface area is 245 Å². The number of ether oxygens (including phenoxy) is 3. The SMILES string of the molecule is COC(=O)c1cccn1P(n1cccc1C(=O)OC)n1cccc1C(=O)OC.[2H]c1c([2H])c([2H])c([2H])c([2H])c1[2H].[C-]#[O+].[C-]#[O+].[Cr]. The number of benzene rings is 1. The van der Waals surface area contributed by atoms with Crippen LogP contribution in [0.15, 0.2) is 91.2 Å². The minimum absolute atomic E-state index is 0. The van der Waals surface area contributed by atoms with Crippen LogP contribution in [0.4, 0.5) is 0 Å². The van der Waals surface area contributed by atoms with Crippen molar-refractivity contribution < 1.29 is 63.5 Å². The summed E-state index contributed by atoms with van der Waals surface area (Å²) in [6.45, 7) is 9.00. The molecule has 13 heteroatoms. The van der Waals surface area contributed by atoms with E-state index in [2.05, 4.69) is 13.3 Å². The molecule has 0 aliphatic heterocycles. The van der Waals surface area contributed by atoms with Gasteiger partial charge >= 0.3 is 40.5 Å². The Morgan fingerprint density at radius 3 is 1.08 bits per heavy atom. The molecule has 0 unspecified atom stereocenters. The zero-order valence-electron chi connectivity index (χ0n) is 26.7. The molecule has 11 nitrogen and oxygen atoms in total. The van der Waals surface area contributed by atoms with Crippen LogP contribution in [0, 0.1) is 13.3 Å². The average Bonchev–Trinajstić information content (AvgIpc) is 3.86. The van der Waals surface area contributed by atoms with Crippen LogP contribution in [-0.4, -0.2) is 52.3 Å². The normalized spacial score (nSPS) is 11.2. The van der Waals surface area contributed by atoms with Crippen molar-refractivity contribution in [2.75, 3.05) is 21.3 Å². The van der Waals surface area contributed by atoms with Gasteiger partial charge in [0.15, 0.2) is 0 Å². The summed E-state index contributed by atoms with van der Waals surface area (Å²) in [4.78, 5) is 36.8. The molecule has 1 aromatic carbocycles. The van der Waals surface area contributed by atoms with Crippen molar-refractivity contribution in [2.24, 2.45) is 0 Å². The third-order valence-electron chi connectivity index (χ3n) is 4.32. The number of esters is 3. The van der Waals surface area contributed by atoms with E-state index in [1.807, 2.05) is 0 Å². The van der Waals surface area contributed by atoms with E-state index in [1.54, 1.807) is 68.0 Å². The molecule has 0 radical (unpaired) electrons. The second kappa shape index (κ2) is 19.1. The number of methoxy groups -OCH3 is 3. The molecule has 0 spiro atoms. The Balaban J connectivity index is 0.000000957. The van der Waals surface area contributed by atoms with Crippen LogP contribution in [0.5, 0.6) is 0 Å². The summed E-state index contributed by atoms with van der Waals surface area (Å²) < 4.78 is 77.3. The maximum Gasteiger partial charge on any atom is 0 e. The maximum absolute atomic E-state index is 12.3. The molecular formula is C26H24CrN3O8P. The average molecular weight is 595 g/mol. The van der Waals surface area contributed by atoms with Crippen LogP contribution in [0.2, 0.25) is 0 Å². The van der Waals surface area contributed by atoms with E-state index < -0.39 is 62.5 Å². The molecule has 202 valence electrons. The van der Waals surface area contributed by atoms with Gasteiger partial charge in [-0.05, 0) is 36.4 Å². The summed E-state index contributed by atoms with van der Waals surface area (Å²) in [6, 6.07) is 7.11. The smallest absolute Gasteiger partial charge is 0 e. The second-order valence-corrected chi connectivity index (χ2v) is 8.04. The summed E-state index contributed by atoms with van der Waals surface area (Å²) in [5.74, 6) is -1.64. The van der Waals surface area contributed by atoms with Crippen molar-refractivity contribution in [1.29, 1.82) is 0 Å². The van der Waals surface area contributed by atoms with Crippen LogP contribution >= 0.6 is 8.37 Å². The molecule has 4 rings (SSSR count). The Bertz CT molecular complexity index is 1430. The summed E-state index contributed by atoms with van der Waals surface area (Å²) >= 11 is 0. The zero-order chi connectivity index (χ0) is 33.7. The first-order valence-electron chi connectivity index (χ1n) is 13.0. The number of hydrogen-bond donors (Lipinski definition) is 0. The first-order valence-corrected chi connectivity index (χ1v) is 11.2. The molecule has 3 aromatic heterocycles. The molecular weight excluding hydrogens is 565 g/mol. The van der Waals surface area contributed by atoms with Crippen LogP contribution in [0.25, 0.3) is 0 Å². The van der Waals surface area contributed by atoms with Gasteiger partial charge in [-0.1, -0.05) is 36.3 Å². The fourth-order valence-corrected chi connectivity index (χ4v) is 5.12. The molecule has 0 saturated heterocycles. The van der Waals surface area contributed by atoms with Gasteiger partial charge in [0.1, 0.15) is 17.1 Å². The molecule has 0 saturated carbocycles. The molecule has 0 fully saturated rings. The molecule has 3 heterocycles. The predicted octanol–water partition coefficient (Wildman–Crippen LogP) is 4.23. The fraction of sp³-hybridized carbons (Fsp3) is 0.115. The van der Waals surface area contributed by atoms with E-state index in [1.165, 1.54) is 21.3 Å². The molecule has 0 aliphatic rings. The van der Waals surface area contributed by atoms with Gasteiger partial charge in [0, 0.05) is 36.0 Å². The second-order valence-electron chi connectivity index (χ2n) is 6.21. The first kappa shape index (κ1) is 25.2. The van der Waals surface area contributed by atoms with Crippen molar-refractivity contribution in [3.05, 3.63) is 122 Å². The minimum Gasteiger partial charge on any atom is 0 e. The van der Waals surface area contributed by atoms with Crippen LogP contribution < -0.4 is 0 Å². The predicted molar refractivity (Wildman–Crippen MR) is 135 cm³/mol. The van der Waals surface area contributed by atoms with Gasteiger partial charge in [0.25, 0.3) is 0 Å². The minimum atomic E-state index is -1.66. The van der Waals surface area contributed by atoms with E-state index in [0.717, 1.165) is 0 Å². The fourth-order valence-electron chi connectivity index (χ4n) is 2.88. The summed E-state index contributed by atoms with van der Waals surface area (Å²) in [6.07, 6.45) is 5.04. The van der Waals surface area contributed by atoms with E-state index in [0.29, 0.717) is 0 Å². The van der Waals surface area contributed by atoms with Crippen LogP contribution in [-0.2, 0) is 40.9 Å². The standard InChI is InChI=1S/C18H18N3O6P.C6H6.2CO.Cr/c1-25-16(22)13-7-4-10-19(13)28(20-11-5-8-14(20)17(23)26-2)21-12-6-9-15(21)18(24)27-3;1-2-4-6-5-3-1;2*1-2;/h4-12H,1-3H3;1-6H;;;/i;1D,2D,3D,4D,5D,6D;;;. The maximum atomic E-state index is 12.3. The van der Waals surface area contributed by atoms with E-state index in [9.17, 15) is 14.4 Å². The van der Waals surface area contributed by atoms with Gasteiger partial charge in [0.05, 0.1) is 29.6 Å². The number of nitrogens with zero attached hydrogens (tertiary/aromatic N) is 3. The topological polar surface area (TPSA) is 133 Å². The molecule has 0 atom stereocenters. The van der Waals surface area contributed by atoms with Gasteiger partial charge in [-0.3, -0.25) is 13.0 Å². The Morgan fingerprint density at radius 1 is 0.641 bits per heavy atom. The number of aromatic nitrogens is 3. The quantitative estimate of drug-likeness (QED) is 0.108. The molecule has 0 bridgehead atoms. The van der Waals surface area contributed by atoms with Gasteiger partial charge in [-0.2, -0.15) is 0 Å². The Morgan fingerprint density at radius 2 is 0.872 bits per heavy atom. The monoisotopic (exact) mass is 595 g/mol.